The number of nitrogens with zero attached hydrogens (tertiary/aromatic N) is 1. The Bertz CT molecular complexity index is 220. The maximum atomic E-state index is 11.1. The Morgan fingerprint density at radius 1 is 1.57 bits per heavy atom. The van der Waals surface area contributed by atoms with Crippen LogP contribution in [0.2, 0.25) is 0 Å². The quantitative estimate of drug-likeness (QED) is 0.357. The van der Waals surface area contributed by atoms with E-state index in [0.29, 0.717) is 25.2 Å². The van der Waals surface area contributed by atoms with Crippen LogP contribution in [0.3, 0.4) is 0 Å². The normalized spacial score (nSPS) is 20.6. The molecule has 14 heavy (non-hydrogen) atoms. The molecule has 0 aromatic carbocycles. The third-order valence-electron chi connectivity index (χ3n) is 2.54. The standard InChI is InChI=1S/C9H17N3O2/c1-7(9(14)11-10)6-12-4-2-8(13)3-5-12/h7H,2-6,10H2,1H3,(H,11,14). The Morgan fingerprint density at radius 2 is 2.14 bits per heavy atom. The molecule has 3 N–H and O–H groups in total. The second-order valence-corrected chi connectivity index (χ2v) is 3.75. The van der Waals surface area contributed by atoms with Crippen molar-refractivity contribution >= 4 is 11.7 Å². The largest absolute Gasteiger partial charge is 0.302 e. The van der Waals surface area contributed by atoms with E-state index in [0.717, 1.165) is 13.1 Å². The third kappa shape index (κ3) is 3.08. The maximum absolute atomic E-state index is 11.1. The van der Waals surface area contributed by atoms with Crippen LogP contribution in [-0.4, -0.2) is 36.2 Å². The van der Waals surface area contributed by atoms with Crippen molar-refractivity contribution in [3.05, 3.63) is 0 Å². The summed E-state index contributed by atoms with van der Waals surface area (Å²) < 4.78 is 0. The lowest BCUT2D eigenvalue weighted by Gasteiger charge is -2.27. The zero-order chi connectivity index (χ0) is 10.6. The Morgan fingerprint density at radius 3 is 2.64 bits per heavy atom. The fourth-order valence-corrected chi connectivity index (χ4v) is 1.60. The lowest BCUT2D eigenvalue weighted by molar-refractivity contribution is -0.125. The summed E-state index contributed by atoms with van der Waals surface area (Å²) in [5.74, 6) is 5.08. The van der Waals surface area contributed by atoms with E-state index in [1.165, 1.54) is 0 Å². The van der Waals surface area contributed by atoms with Gasteiger partial charge in [0.25, 0.3) is 0 Å². The lowest BCUT2D eigenvalue weighted by atomic mass is 10.1. The van der Waals surface area contributed by atoms with Crippen LogP contribution in [0, 0.1) is 5.92 Å². The molecule has 1 aliphatic heterocycles. The van der Waals surface area contributed by atoms with E-state index in [4.69, 9.17) is 5.84 Å². The summed E-state index contributed by atoms with van der Waals surface area (Å²) in [6.07, 6.45) is 1.22. The van der Waals surface area contributed by atoms with Crippen molar-refractivity contribution in [3.8, 4) is 0 Å². The monoisotopic (exact) mass is 199 g/mol. The van der Waals surface area contributed by atoms with Crippen LogP contribution in [0.25, 0.3) is 0 Å². The number of hydrazine groups is 1. The van der Waals surface area contributed by atoms with Crippen molar-refractivity contribution in [2.75, 3.05) is 19.6 Å². The number of hydrogen-bond donors (Lipinski definition) is 2. The molecular weight excluding hydrogens is 182 g/mol. The van der Waals surface area contributed by atoms with Crippen LogP contribution in [0.4, 0.5) is 0 Å². The molecule has 1 rings (SSSR count). The molecule has 1 heterocycles. The van der Waals surface area contributed by atoms with Gasteiger partial charge in [0.15, 0.2) is 0 Å². The summed E-state index contributed by atoms with van der Waals surface area (Å²) in [5.41, 5.74) is 2.13. The molecule has 0 spiro atoms. The van der Waals surface area contributed by atoms with E-state index in [1.807, 2.05) is 6.92 Å². The number of piperidine rings is 1. The summed E-state index contributed by atoms with van der Waals surface area (Å²) in [6.45, 7) is 4.04. The SMILES string of the molecule is CC(CN1CCC(=O)CC1)C(=O)NN. The number of Topliss-reactive ketones (excluding diaryl/α,β-unsaturated/α-hetero) is 1. The van der Waals surface area contributed by atoms with Crippen molar-refractivity contribution < 1.29 is 9.59 Å². The Hall–Kier alpha value is -0.940. The van der Waals surface area contributed by atoms with Crippen LogP contribution in [0.15, 0.2) is 0 Å². The minimum atomic E-state index is -0.151. The first-order chi connectivity index (χ1) is 6.63. The number of ketones is 1. The molecule has 1 fully saturated rings. The summed E-state index contributed by atoms with van der Waals surface area (Å²) in [5, 5.41) is 0. The molecule has 1 aliphatic rings. The van der Waals surface area contributed by atoms with Crippen LogP contribution in [0.5, 0.6) is 0 Å². The molecule has 0 radical (unpaired) electrons. The molecule has 0 bridgehead atoms. The molecule has 1 saturated heterocycles. The van der Waals surface area contributed by atoms with Gasteiger partial charge in [-0.25, -0.2) is 5.84 Å². The molecule has 1 amide bonds. The molecule has 1 unspecified atom stereocenters. The highest BCUT2D eigenvalue weighted by molar-refractivity contribution is 5.79. The number of nitrogens with one attached hydrogen (secondary N) is 1. The highest BCUT2D eigenvalue weighted by Gasteiger charge is 2.20. The van der Waals surface area contributed by atoms with Crippen molar-refractivity contribution in [2.24, 2.45) is 11.8 Å². The van der Waals surface area contributed by atoms with Gasteiger partial charge in [0.05, 0.1) is 0 Å². The van der Waals surface area contributed by atoms with Gasteiger partial charge in [0, 0.05) is 38.4 Å². The maximum Gasteiger partial charge on any atom is 0.237 e. The summed E-state index contributed by atoms with van der Waals surface area (Å²) in [4.78, 5) is 24.2. The highest BCUT2D eigenvalue weighted by Crippen LogP contribution is 2.08. The Kier molecular flexibility index (Phi) is 4.03. The van der Waals surface area contributed by atoms with Crippen LogP contribution in [-0.2, 0) is 9.59 Å². The molecule has 80 valence electrons. The third-order valence-corrected chi connectivity index (χ3v) is 2.54. The van der Waals surface area contributed by atoms with Crippen molar-refractivity contribution in [1.82, 2.24) is 10.3 Å². The van der Waals surface area contributed by atoms with Gasteiger partial charge in [-0.1, -0.05) is 6.92 Å². The number of carbonyl (C=O) groups is 2. The van der Waals surface area contributed by atoms with Gasteiger partial charge in [-0.05, 0) is 0 Å². The van der Waals surface area contributed by atoms with Crippen LogP contribution in [0.1, 0.15) is 19.8 Å². The number of carbonyl (C=O) groups excluding carboxylic acids is 2. The summed E-state index contributed by atoms with van der Waals surface area (Å²) in [6, 6.07) is 0. The zero-order valence-corrected chi connectivity index (χ0v) is 8.45. The van der Waals surface area contributed by atoms with Gasteiger partial charge in [-0.15, -0.1) is 0 Å². The first kappa shape index (κ1) is 11.1. The zero-order valence-electron chi connectivity index (χ0n) is 8.45. The smallest absolute Gasteiger partial charge is 0.237 e. The number of rotatable bonds is 3. The second kappa shape index (κ2) is 5.07. The van der Waals surface area contributed by atoms with E-state index < -0.39 is 0 Å². The summed E-state index contributed by atoms with van der Waals surface area (Å²) >= 11 is 0. The summed E-state index contributed by atoms with van der Waals surface area (Å²) in [7, 11) is 0. The van der Waals surface area contributed by atoms with E-state index in [1.54, 1.807) is 0 Å². The first-order valence-corrected chi connectivity index (χ1v) is 4.88. The fourth-order valence-electron chi connectivity index (χ4n) is 1.60. The Labute approximate surface area is 83.6 Å². The Balaban J connectivity index is 2.30. The molecule has 5 heteroatoms. The van der Waals surface area contributed by atoms with E-state index in [9.17, 15) is 9.59 Å². The van der Waals surface area contributed by atoms with Crippen LogP contribution < -0.4 is 11.3 Å². The van der Waals surface area contributed by atoms with Crippen molar-refractivity contribution in [1.29, 1.82) is 0 Å². The minimum absolute atomic E-state index is 0.117. The average molecular weight is 199 g/mol. The minimum Gasteiger partial charge on any atom is -0.302 e. The van der Waals surface area contributed by atoms with E-state index in [2.05, 4.69) is 10.3 Å². The number of amides is 1. The van der Waals surface area contributed by atoms with Gasteiger partial charge in [0.1, 0.15) is 5.78 Å². The molecule has 5 nitrogen and oxygen atoms in total. The van der Waals surface area contributed by atoms with Gasteiger partial charge < -0.3 is 4.90 Å². The van der Waals surface area contributed by atoms with E-state index >= 15 is 0 Å². The molecule has 0 aromatic heterocycles. The van der Waals surface area contributed by atoms with Gasteiger partial charge in [0.2, 0.25) is 5.91 Å². The van der Waals surface area contributed by atoms with Crippen LogP contribution >= 0.6 is 0 Å². The molecule has 0 aliphatic carbocycles. The molecule has 0 aromatic rings. The van der Waals surface area contributed by atoms with Crippen molar-refractivity contribution in [3.63, 3.8) is 0 Å². The predicted molar refractivity (Wildman–Crippen MR) is 52.2 cm³/mol. The molecule has 0 saturated carbocycles. The first-order valence-electron chi connectivity index (χ1n) is 4.88. The number of nitrogens with two attached hydrogens (primary N) is 1. The number of hydrogen-bond acceptors (Lipinski definition) is 4. The number of likely N-dealkylation sites (tertiary alicyclic amines) is 1. The van der Waals surface area contributed by atoms with Gasteiger partial charge in [-0.2, -0.15) is 0 Å². The predicted octanol–water partition coefficient (Wildman–Crippen LogP) is -0.723. The van der Waals surface area contributed by atoms with Gasteiger partial charge >= 0.3 is 0 Å². The molecular formula is C9H17N3O2. The van der Waals surface area contributed by atoms with Gasteiger partial charge in [-0.3, -0.25) is 15.0 Å². The second-order valence-electron chi connectivity index (χ2n) is 3.75. The lowest BCUT2D eigenvalue weighted by Crippen LogP contribution is -2.43. The average Bonchev–Trinajstić information content (AvgIpc) is 2.20. The topological polar surface area (TPSA) is 75.4 Å². The molecule has 1 atom stereocenters. The van der Waals surface area contributed by atoms with Crippen molar-refractivity contribution in [2.45, 2.75) is 19.8 Å². The highest BCUT2D eigenvalue weighted by atomic mass is 16.2. The van der Waals surface area contributed by atoms with E-state index in [-0.39, 0.29) is 11.8 Å². The fraction of sp³-hybridized carbons (Fsp3) is 0.778.